The van der Waals surface area contributed by atoms with Crippen molar-refractivity contribution >= 4 is 11.8 Å². The second-order valence-corrected chi connectivity index (χ2v) is 9.67. The number of carbonyl (C=O) groups is 2. The minimum Gasteiger partial charge on any atom is -0.346 e. The minimum absolute atomic E-state index is 0.154. The summed E-state index contributed by atoms with van der Waals surface area (Å²) in [6.07, 6.45) is 10.4. The van der Waals surface area contributed by atoms with Crippen LogP contribution in [0.5, 0.6) is 0 Å². The van der Waals surface area contributed by atoms with E-state index in [0.717, 1.165) is 38.0 Å². The van der Waals surface area contributed by atoms with E-state index < -0.39 is 0 Å². The lowest BCUT2D eigenvalue weighted by atomic mass is 9.84. The molecule has 0 atom stereocenters. The average Bonchev–Trinajstić information content (AvgIpc) is 3.32. The number of aromatic amines is 1. The molecule has 1 aromatic heterocycles. The summed E-state index contributed by atoms with van der Waals surface area (Å²) in [6, 6.07) is 2.67. The summed E-state index contributed by atoms with van der Waals surface area (Å²) in [4.78, 5) is 44.4. The first kappa shape index (κ1) is 18.9. The van der Waals surface area contributed by atoms with Crippen LogP contribution in [0.25, 0.3) is 0 Å². The van der Waals surface area contributed by atoms with E-state index in [4.69, 9.17) is 0 Å². The third kappa shape index (κ3) is 3.62. The summed E-state index contributed by atoms with van der Waals surface area (Å²) >= 11 is 0. The molecule has 2 saturated heterocycles. The van der Waals surface area contributed by atoms with Gasteiger partial charge in [-0.1, -0.05) is 51.4 Å². The number of likely N-dealkylation sites (tertiary alicyclic amines) is 2. The highest BCUT2D eigenvalue weighted by Gasteiger charge is 2.39. The van der Waals surface area contributed by atoms with Crippen molar-refractivity contribution in [2.75, 3.05) is 26.2 Å². The largest absolute Gasteiger partial charge is 0.346 e. The maximum Gasteiger partial charge on any atom is 0.270 e. The summed E-state index contributed by atoms with van der Waals surface area (Å²) in [7, 11) is 0. The van der Waals surface area contributed by atoms with Gasteiger partial charge in [-0.05, 0) is 23.7 Å². The number of H-pyrrole nitrogens is 1. The molecule has 0 aromatic carbocycles. The number of hydrogen-bond donors (Lipinski definition) is 1. The van der Waals surface area contributed by atoms with Crippen molar-refractivity contribution in [1.29, 1.82) is 0 Å². The number of amides is 2. The molecule has 1 N–H and O–H groups in total. The van der Waals surface area contributed by atoms with Crippen LogP contribution >= 0.6 is 0 Å². The van der Waals surface area contributed by atoms with E-state index in [1.54, 1.807) is 0 Å². The molecule has 3 heterocycles. The molecular formula is C23H31N3O3. The van der Waals surface area contributed by atoms with Crippen LogP contribution in [0.3, 0.4) is 0 Å². The van der Waals surface area contributed by atoms with E-state index in [1.165, 1.54) is 63.5 Å². The number of rotatable bonds is 4. The maximum absolute atomic E-state index is 12.8. The molecule has 0 radical (unpaired) electrons. The Morgan fingerprint density at radius 2 is 1.07 bits per heavy atom. The Labute approximate surface area is 171 Å². The van der Waals surface area contributed by atoms with Gasteiger partial charge in [-0.15, -0.1) is 0 Å². The van der Waals surface area contributed by atoms with Crippen molar-refractivity contribution in [2.24, 2.45) is 23.7 Å². The lowest BCUT2D eigenvalue weighted by Gasteiger charge is -2.43. The highest BCUT2D eigenvalue weighted by molar-refractivity contribution is 5.96. The zero-order valence-corrected chi connectivity index (χ0v) is 17.1. The van der Waals surface area contributed by atoms with E-state index in [0.29, 0.717) is 11.8 Å². The summed E-state index contributed by atoms with van der Waals surface area (Å²) in [5.74, 6) is 2.41. The highest BCUT2D eigenvalue weighted by atomic mass is 16.2. The van der Waals surface area contributed by atoms with Gasteiger partial charge in [-0.2, -0.15) is 0 Å². The maximum atomic E-state index is 12.8. The average molecular weight is 398 g/mol. The summed E-state index contributed by atoms with van der Waals surface area (Å²) in [5, 5.41) is 0. The molecule has 156 valence electrons. The molecule has 29 heavy (non-hydrogen) atoms. The first-order valence-corrected chi connectivity index (χ1v) is 11.4. The van der Waals surface area contributed by atoms with Gasteiger partial charge in [0.05, 0.1) is 0 Å². The molecule has 0 spiro atoms. The summed E-state index contributed by atoms with van der Waals surface area (Å²) < 4.78 is 0. The first-order valence-electron chi connectivity index (χ1n) is 11.4. The van der Waals surface area contributed by atoms with Crippen LogP contribution in [-0.2, 0) is 0 Å². The van der Waals surface area contributed by atoms with Gasteiger partial charge in [-0.3, -0.25) is 14.4 Å². The number of nitrogens with one attached hydrogen (secondary N) is 1. The fourth-order valence-electron chi connectivity index (χ4n) is 5.93. The number of aromatic nitrogens is 1. The molecule has 2 aliphatic carbocycles. The lowest BCUT2D eigenvalue weighted by Crippen LogP contribution is -2.53. The fourth-order valence-corrected chi connectivity index (χ4v) is 5.93. The SMILES string of the molecule is O=C(c1cc(=O)cc(C(=O)N2CC(C3CCCC3)C2)[nH]1)N1CC(C2CCCC2)C1. The zero-order chi connectivity index (χ0) is 20.0. The van der Waals surface area contributed by atoms with Crippen LogP contribution in [-0.4, -0.2) is 52.8 Å². The van der Waals surface area contributed by atoms with Crippen LogP contribution in [0.1, 0.15) is 72.3 Å². The molecule has 0 unspecified atom stereocenters. The normalized spacial score (nSPS) is 24.0. The number of hydrogen-bond acceptors (Lipinski definition) is 3. The van der Waals surface area contributed by atoms with Crippen LogP contribution in [0.2, 0.25) is 0 Å². The molecule has 2 amide bonds. The van der Waals surface area contributed by atoms with Gasteiger partial charge < -0.3 is 14.8 Å². The Morgan fingerprint density at radius 1 is 0.690 bits per heavy atom. The third-order valence-corrected chi connectivity index (χ3v) is 7.83. The second kappa shape index (κ2) is 7.62. The Bertz CT molecular complexity index is 774. The van der Waals surface area contributed by atoms with E-state index >= 15 is 0 Å². The lowest BCUT2D eigenvalue weighted by molar-refractivity contribution is 0.0357. The van der Waals surface area contributed by atoms with Gasteiger partial charge in [-0.25, -0.2) is 0 Å². The van der Waals surface area contributed by atoms with E-state index in [9.17, 15) is 14.4 Å². The third-order valence-electron chi connectivity index (χ3n) is 7.83. The van der Waals surface area contributed by atoms with Gasteiger partial charge >= 0.3 is 0 Å². The number of carbonyl (C=O) groups excluding carboxylic acids is 2. The molecule has 6 nitrogen and oxygen atoms in total. The van der Waals surface area contributed by atoms with E-state index in [-0.39, 0.29) is 28.6 Å². The Balaban J connectivity index is 1.21. The van der Waals surface area contributed by atoms with Crippen LogP contribution in [0, 0.1) is 23.7 Å². The van der Waals surface area contributed by atoms with Gasteiger partial charge in [0.1, 0.15) is 11.4 Å². The van der Waals surface area contributed by atoms with Crippen LogP contribution < -0.4 is 5.43 Å². The number of nitrogens with zero attached hydrogens (tertiary/aromatic N) is 2. The molecule has 4 fully saturated rings. The predicted octanol–water partition coefficient (Wildman–Crippen LogP) is 2.90. The first-order chi connectivity index (χ1) is 14.1. The van der Waals surface area contributed by atoms with Crippen LogP contribution in [0.15, 0.2) is 16.9 Å². The highest BCUT2D eigenvalue weighted by Crippen LogP contribution is 2.37. The molecule has 4 aliphatic rings. The second-order valence-electron chi connectivity index (χ2n) is 9.67. The van der Waals surface area contributed by atoms with Crippen molar-refractivity contribution in [3.63, 3.8) is 0 Å². The van der Waals surface area contributed by atoms with Crippen molar-refractivity contribution in [2.45, 2.75) is 51.4 Å². The Kier molecular flexibility index (Phi) is 4.96. The molecular weight excluding hydrogens is 366 g/mol. The molecule has 6 heteroatoms. The molecule has 2 aliphatic heterocycles. The van der Waals surface area contributed by atoms with Gasteiger partial charge in [0.25, 0.3) is 11.8 Å². The zero-order valence-electron chi connectivity index (χ0n) is 17.1. The topological polar surface area (TPSA) is 73.5 Å². The Morgan fingerprint density at radius 3 is 1.45 bits per heavy atom. The fraction of sp³-hybridized carbons (Fsp3) is 0.696. The standard InChI is InChI=1S/C23H31N3O3/c27-19-9-20(22(28)25-11-17(12-25)15-5-1-2-6-15)24-21(10-19)23(29)26-13-18(14-26)16-7-3-4-8-16/h9-10,15-18H,1-8,11-14H2,(H,24,27). The van der Waals surface area contributed by atoms with Gasteiger partial charge in [0, 0.05) is 38.3 Å². The molecule has 1 aromatic rings. The van der Waals surface area contributed by atoms with Gasteiger partial charge in [0.15, 0.2) is 5.43 Å². The van der Waals surface area contributed by atoms with Crippen LogP contribution in [0.4, 0.5) is 0 Å². The molecule has 2 saturated carbocycles. The van der Waals surface area contributed by atoms with E-state index in [1.807, 2.05) is 9.80 Å². The van der Waals surface area contributed by atoms with Crippen molar-refractivity contribution < 1.29 is 9.59 Å². The monoisotopic (exact) mass is 397 g/mol. The summed E-state index contributed by atoms with van der Waals surface area (Å²) in [5.41, 5.74) is 0.216. The smallest absolute Gasteiger partial charge is 0.270 e. The van der Waals surface area contributed by atoms with Crippen molar-refractivity contribution in [3.8, 4) is 0 Å². The molecule has 5 rings (SSSR count). The van der Waals surface area contributed by atoms with Crippen molar-refractivity contribution in [1.82, 2.24) is 14.8 Å². The van der Waals surface area contributed by atoms with Crippen molar-refractivity contribution in [3.05, 3.63) is 33.7 Å². The minimum atomic E-state index is -0.281. The summed E-state index contributed by atoms with van der Waals surface area (Å²) in [6.45, 7) is 3.11. The quantitative estimate of drug-likeness (QED) is 0.849. The predicted molar refractivity (Wildman–Crippen MR) is 110 cm³/mol. The number of pyridine rings is 1. The molecule has 0 bridgehead atoms. The Hall–Kier alpha value is -2.11. The van der Waals surface area contributed by atoms with E-state index in [2.05, 4.69) is 4.98 Å². The van der Waals surface area contributed by atoms with Gasteiger partial charge in [0.2, 0.25) is 0 Å².